The molecule has 0 atom stereocenters. The van der Waals surface area contributed by atoms with Gasteiger partial charge in [-0.15, -0.1) is 5.10 Å². The summed E-state index contributed by atoms with van der Waals surface area (Å²) in [6, 6.07) is 10.5. The van der Waals surface area contributed by atoms with Crippen LogP contribution >= 0.6 is 0 Å². The van der Waals surface area contributed by atoms with Crippen LogP contribution in [0.1, 0.15) is 26.3 Å². The molecule has 0 aliphatic heterocycles. The summed E-state index contributed by atoms with van der Waals surface area (Å²) in [6.07, 6.45) is 3.50. The van der Waals surface area contributed by atoms with Gasteiger partial charge in [-0.1, -0.05) is 50.1 Å². The predicted octanol–water partition coefficient (Wildman–Crippen LogP) is 3.68. The van der Waals surface area contributed by atoms with Crippen LogP contribution in [0, 0.1) is 0 Å². The second-order valence-electron chi connectivity index (χ2n) is 6.24. The number of nitrogen functional groups attached to an aromatic ring is 1. The second kappa shape index (κ2) is 5.26. The van der Waals surface area contributed by atoms with E-state index in [1.807, 2.05) is 12.3 Å². The fourth-order valence-electron chi connectivity index (χ4n) is 2.23. The van der Waals surface area contributed by atoms with Crippen LogP contribution in [-0.4, -0.2) is 15.2 Å². The number of nitrogens with zero attached hydrogens (tertiary/aromatic N) is 3. The van der Waals surface area contributed by atoms with E-state index in [-0.39, 0.29) is 11.4 Å². The Morgan fingerprint density at radius 2 is 1.59 bits per heavy atom. The van der Waals surface area contributed by atoms with E-state index >= 15 is 0 Å². The van der Waals surface area contributed by atoms with E-state index < -0.39 is 0 Å². The highest BCUT2D eigenvalue weighted by Gasteiger charge is 2.13. The number of aromatic nitrogens is 3. The third-order valence-electron chi connectivity index (χ3n) is 3.51. The second-order valence-corrected chi connectivity index (χ2v) is 6.24. The number of anilines is 1. The van der Waals surface area contributed by atoms with Gasteiger partial charge in [-0.2, -0.15) is 0 Å². The minimum atomic E-state index is 0.0509. The molecule has 0 saturated carbocycles. The van der Waals surface area contributed by atoms with Crippen molar-refractivity contribution in [1.29, 1.82) is 0 Å². The standard InChI is InChI=1S/C17H18N4O/c1-17(2,3)14-6-4-11(5-7-14)12-8-13(10-19-9-12)15-20-21-16(18)22-15/h4-10H,1-3H3,(H2,18,21). The molecule has 1 aromatic carbocycles. The minimum Gasteiger partial charge on any atom is -0.403 e. The maximum Gasteiger partial charge on any atom is 0.313 e. The van der Waals surface area contributed by atoms with Gasteiger partial charge in [0.15, 0.2) is 0 Å². The van der Waals surface area contributed by atoms with E-state index in [1.54, 1.807) is 6.20 Å². The Morgan fingerprint density at radius 3 is 2.18 bits per heavy atom. The molecule has 3 rings (SSSR count). The summed E-state index contributed by atoms with van der Waals surface area (Å²) in [4.78, 5) is 4.25. The van der Waals surface area contributed by atoms with Gasteiger partial charge in [-0.05, 0) is 22.6 Å². The first-order valence-electron chi connectivity index (χ1n) is 7.09. The minimum absolute atomic E-state index is 0.0509. The first-order chi connectivity index (χ1) is 10.4. The van der Waals surface area contributed by atoms with E-state index in [1.165, 1.54) is 5.56 Å². The van der Waals surface area contributed by atoms with Crippen LogP contribution < -0.4 is 5.73 Å². The van der Waals surface area contributed by atoms with Gasteiger partial charge in [0.05, 0.1) is 5.56 Å². The van der Waals surface area contributed by atoms with E-state index in [0.717, 1.165) is 16.7 Å². The van der Waals surface area contributed by atoms with Crippen LogP contribution in [0.2, 0.25) is 0 Å². The first kappa shape index (κ1) is 14.3. The zero-order valence-corrected chi connectivity index (χ0v) is 12.9. The third-order valence-corrected chi connectivity index (χ3v) is 3.51. The number of hydrogen-bond acceptors (Lipinski definition) is 5. The summed E-state index contributed by atoms with van der Waals surface area (Å²) < 4.78 is 5.24. The molecule has 112 valence electrons. The van der Waals surface area contributed by atoms with Gasteiger partial charge in [0.1, 0.15) is 0 Å². The van der Waals surface area contributed by atoms with Gasteiger partial charge in [-0.3, -0.25) is 4.98 Å². The number of rotatable bonds is 2. The smallest absolute Gasteiger partial charge is 0.313 e. The fraction of sp³-hybridized carbons (Fsp3) is 0.235. The van der Waals surface area contributed by atoms with Crippen LogP contribution in [0.5, 0.6) is 0 Å². The summed E-state index contributed by atoms with van der Waals surface area (Å²) in [6.45, 7) is 6.60. The molecule has 0 fully saturated rings. The monoisotopic (exact) mass is 294 g/mol. The van der Waals surface area contributed by atoms with Crippen LogP contribution in [0.15, 0.2) is 47.1 Å². The largest absolute Gasteiger partial charge is 0.403 e. The van der Waals surface area contributed by atoms with E-state index in [2.05, 4.69) is 60.2 Å². The first-order valence-corrected chi connectivity index (χ1v) is 7.09. The lowest BCUT2D eigenvalue weighted by molar-refractivity contribution is 0.590. The van der Waals surface area contributed by atoms with Crippen LogP contribution in [0.3, 0.4) is 0 Å². The van der Waals surface area contributed by atoms with Crippen molar-refractivity contribution in [2.24, 2.45) is 0 Å². The summed E-state index contributed by atoms with van der Waals surface area (Å²) in [7, 11) is 0. The highest BCUT2D eigenvalue weighted by Crippen LogP contribution is 2.28. The third kappa shape index (κ3) is 2.83. The summed E-state index contributed by atoms with van der Waals surface area (Å²) in [5.74, 6) is 0.373. The molecule has 0 spiro atoms. The van der Waals surface area contributed by atoms with E-state index in [0.29, 0.717) is 5.89 Å². The Morgan fingerprint density at radius 1 is 0.909 bits per heavy atom. The Balaban J connectivity index is 1.95. The molecule has 22 heavy (non-hydrogen) atoms. The molecule has 0 aliphatic carbocycles. The number of hydrogen-bond donors (Lipinski definition) is 1. The van der Waals surface area contributed by atoms with Crippen molar-refractivity contribution in [3.05, 3.63) is 48.3 Å². The molecule has 5 heteroatoms. The molecule has 3 aromatic rings. The van der Waals surface area contributed by atoms with Crippen molar-refractivity contribution in [3.63, 3.8) is 0 Å². The lowest BCUT2D eigenvalue weighted by atomic mass is 9.86. The number of nitrogens with two attached hydrogens (primary N) is 1. The molecule has 0 saturated heterocycles. The van der Waals surface area contributed by atoms with Crippen molar-refractivity contribution in [2.75, 3.05) is 5.73 Å². The summed E-state index contributed by atoms with van der Waals surface area (Å²) in [5, 5.41) is 7.55. The molecular formula is C17H18N4O. The SMILES string of the molecule is CC(C)(C)c1ccc(-c2cncc(-c3nnc(N)o3)c2)cc1. The van der Waals surface area contributed by atoms with Crippen molar-refractivity contribution < 1.29 is 4.42 Å². The fourth-order valence-corrected chi connectivity index (χ4v) is 2.23. The van der Waals surface area contributed by atoms with Crippen LogP contribution in [0.25, 0.3) is 22.6 Å². The average Bonchev–Trinajstić information content (AvgIpc) is 2.93. The predicted molar refractivity (Wildman–Crippen MR) is 86.1 cm³/mol. The molecule has 0 radical (unpaired) electrons. The van der Waals surface area contributed by atoms with Gasteiger partial charge < -0.3 is 10.2 Å². The van der Waals surface area contributed by atoms with Gasteiger partial charge in [0.25, 0.3) is 5.89 Å². The molecule has 0 bridgehead atoms. The summed E-state index contributed by atoms with van der Waals surface area (Å²) >= 11 is 0. The molecule has 2 N–H and O–H groups in total. The van der Waals surface area contributed by atoms with Crippen molar-refractivity contribution in [3.8, 4) is 22.6 Å². The maximum absolute atomic E-state index is 5.46. The zero-order chi connectivity index (χ0) is 15.7. The van der Waals surface area contributed by atoms with Gasteiger partial charge in [-0.25, -0.2) is 0 Å². The molecule has 0 aliphatic rings. The van der Waals surface area contributed by atoms with Gasteiger partial charge in [0, 0.05) is 18.0 Å². The van der Waals surface area contributed by atoms with Crippen molar-refractivity contribution >= 4 is 6.01 Å². The van der Waals surface area contributed by atoms with Gasteiger partial charge in [0.2, 0.25) is 0 Å². The highest BCUT2D eigenvalue weighted by atomic mass is 16.4. The lowest BCUT2D eigenvalue weighted by Gasteiger charge is -2.19. The lowest BCUT2D eigenvalue weighted by Crippen LogP contribution is -2.10. The molecule has 2 aromatic heterocycles. The molecule has 5 nitrogen and oxygen atoms in total. The maximum atomic E-state index is 5.46. The number of benzene rings is 1. The van der Waals surface area contributed by atoms with E-state index in [4.69, 9.17) is 10.2 Å². The summed E-state index contributed by atoms with van der Waals surface area (Å²) in [5.41, 5.74) is 9.74. The molecular weight excluding hydrogens is 276 g/mol. The number of pyridine rings is 1. The van der Waals surface area contributed by atoms with Gasteiger partial charge >= 0.3 is 6.01 Å². The Hall–Kier alpha value is -2.69. The van der Waals surface area contributed by atoms with Crippen molar-refractivity contribution in [2.45, 2.75) is 26.2 Å². The Kier molecular flexibility index (Phi) is 3.41. The topological polar surface area (TPSA) is 77.8 Å². The Labute approximate surface area is 129 Å². The normalized spacial score (nSPS) is 11.6. The molecule has 0 amide bonds. The van der Waals surface area contributed by atoms with E-state index in [9.17, 15) is 0 Å². The molecule has 2 heterocycles. The van der Waals surface area contributed by atoms with Crippen molar-refractivity contribution in [1.82, 2.24) is 15.2 Å². The highest BCUT2D eigenvalue weighted by molar-refractivity contribution is 5.68. The average molecular weight is 294 g/mol. The molecule has 0 unspecified atom stereocenters. The van der Waals surface area contributed by atoms with Crippen LogP contribution in [-0.2, 0) is 5.41 Å². The zero-order valence-electron chi connectivity index (χ0n) is 12.9. The quantitative estimate of drug-likeness (QED) is 0.780. The van der Waals surface area contributed by atoms with Crippen LogP contribution in [0.4, 0.5) is 6.01 Å². The Bertz CT molecular complexity index is 785.